The Kier molecular flexibility index (Phi) is 5.71. The standard InChI is InChI=1S/C9H11Cl2NO2S/c10-8-2-1-6(9(11)12-8)4-15-5-7(14)3-13/h1-2,7,13-14H,3-5H2. The van der Waals surface area contributed by atoms with Crippen LogP contribution in [0.25, 0.3) is 0 Å². The lowest BCUT2D eigenvalue weighted by Gasteiger charge is -2.07. The summed E-state index contributed by atoms with van der Waals surface area (Å²) < 4.78 is 0. The third-order valence-electron chi connectivity index (χ3n) is 1.67. The summed E-state index contributed by atoms with van der Waals surface area (Å²) in [5.41, 5.74) is 0.871. The Hall–Kier alpha value is -0.000000000000000111. The van der Waals surface area contributed by atoms with Gasteiger partial charge in [-0.15, -0.1) is 0 Å². The van der Waals surface area contributed by atoms with Crippen LogP contribution in [0.2, 0.25) is 10.3 Å². The van der Waals surface area contributed by atoms with E-state index in [-0.39, 0.29) is 6.61 Å². The second-order valence-corrected chi connectivity index (χ2v) is 4.71. The van der Waals surface area contributed by atoms with E-state index in [1.165, 1.54) is 11.8 Å². The Morgan fingerprint density at radius 3 is 2.73 bits per heavy atom. The molecule has 1 atom stereocenters. The van der Waals surface area contributed by atoms with Crippen LogP contribution in [0.1, 0.15) is 5.56 Å². The van der Waals surface area contributed by atoms with Crippen LogP contribution < -0.4 is 0 Å². The lowest BCUT2D eigenvalue weighted by atomic mass is 10.3. The first-order chi connectivity index (χ1) is 7.13. The lowest BCUT2D eigenvalue weighted by molar-refractivity contribution is 0.113. The van der Waals surface area contributed by atoms with Crippen molar-refractivity contribution >= 4 is 35.0 Å². The summed E-state index contributed by atoms with van der Waals surface area (Å²) in [4.78, 5) is 3.90. The van der Waals surface area contributed by atoms with Crippen molar-refractivity contribution in [3.63, 3.8) is 0 Å². The Labute approximate surface area is 102 Å². The summed E-state index contributed by atoms with van der Waals surface area (Å²) in [6.07, 6.45) is -0.686. The third-order valence-corrected chi connectivity index (χ3v) is 3.34. The predicted molar refractivity (Wildman–Crippen MR) is 63.5 cm³/mol. The van der Waals surface area contributed by atoms with Gasteiger partial charge in [-0.2, -0.15) is 11.8 Å². The Morgan fingerprint density at radius 2 is 2.13 bits per heavy atom. The minimum atomic E-state index is -0.686. The topological polar surface area (TPSA) is 53.4 Å². The number of thioether (sulfide) groups is 1. The van der Waals surface area contributed by atoms with E-state index in [2.05, 4.69) is 4.98 Å². The molecule has 0 aliphatic carbocycles. The first-order valence-electron chi connectivity index (χ1n) is 4.31. The van der Waals surface area contributed by atoms with Crippen molar-refractivity contribution < 1.29 is 10.2 Å². The molecule has 6 heteroatoms. The summed E-state index contributed by atoms with van der Waals surface area (Å²) >= 11 is 13.0. The zero-order chi connectivity index (χ0) is 11.3. The molecule has 0 saturated carbocycles. The Morgan fingerprint density at radius 1 is 1.40 bits per heavy atom. The van der Waals surface area contributed by atoms with Crippen LogP contribution in [0.4, 0.5) is 0 Å². The summed E-state index contributed by atoms with van der Waals surface area (Å²) in [6.45, 7) is -0.223. The van der Waals surface area contributed by atoms with Crippen LogP contribution >= 0.6 is 35.0 Å². The second kappa shape index (κ2) is 6.55. The van der Waals surface area contributed by atoms with E-state index < -0.39 is 6.10 Å². The molecular weight excluding hydrogens is 257 g/mol. The number of aliphatic hydroxyl groups excluding tert-OH is 2. The fraction of sp³-hybridized carbons (Fsp3) is 0.444. The minimum Gasteiger partial charge on any atom is -0.394 e. The van der Waals surface area contributed by atoms with Crippen LogP contribution in [-0.2, 0) is 5.75 Å². The van der Waals surface area contributed by atoms with E-state index >= 15 is 0 Å². The molecule has 0 aromatic carbocycles. The maximum atomic E-state index is 9.11. The Bertz CT molecular complexity index is 325. The van der Waals surface area contributed by atoms with Gasteiger partial charge in [-0.1, -0.05) is 29.3 Å². The molecule has 0 radical (unpaired) electrons. The van der Waals surface area contributed by atoms with Crippen molar-refractivity contribution in [1.29, 1.82) is 0 Å². The Balaban J connectivity index is 2.44. The van der Waals surface area contributed by atoms with Gasteiger partial charge in [0.25, 0.3) is 0 Å². The molecule has 0 aliphatic rings. The highest BCUT2D eigenvalue weighted by atomic mass is 35.5. The molecule has 2 N–H and O–H groups in total. The second-order valence-electron chi connectivity index (χ2n) is 2.94. The van der Waals surface area contributed by atoms with E-state index in [9.17, 15) is 0 Å². The van der Waals surface area contributed by atoms with Crippen molar-refractivity contribution in [2.75, 3.05) is 12.4 Å². The van der Waals surface area contributed by atoms with Gasteiger partial charge in [-0.05, 0) is 11.6 Å². The smallest absolute Gasteiger partial charge is 0.134 e. The number of halogens is 2. The van der Waals surface area contributed by atoms with E-state index in [0.29, 0.717) is 21.8 Å². The van der Waals surface area contributed by atoms with Crippen molar-refractivity contribution in [3.8, 4) is 0 Å². The first kappa shape index (κ1) is 13.1. The number of pyridine rings is 1. The highest BCUT2D eigenvalue weighted by Gasteiger charge is 2.05. The van der Waals surface area contributed by atoms with Crippen LogP contribution in [-0.4, -0.2) is 33.7 Å². The largest absolute Gasteiger partial charge is 0.394 e. The number of aromatic nitrogens is 1. The van der Waals surface area contributed by atoms with Gasteiger partial charge in [0.1, 0.15) is 10.3 Å². The molecule has 15 heavy (non-hydrogen) atoms. The van der Waals surface area contributed by atoms with Gasteiger partial charge in [0.15, 0.2) is 0 Å². The zero-order valence-electron chi connectivity index (χ0n) is 7.86. The summed E-state index contributed by atoms with van der Waals surface area (Å²) in [7, 11) is 0. The first-order valence-corrected chi connectivity index (χ1v) is 6.22. The van der Waals surface area contributed by atoms with Gasteiger partial charge >= 0.3 is 0 Å². The maximum absolute atomic E-state index is 9.11. The van der Waals surface area contributed by atoms with Gasteiger partial charge in [0, 0.05) is 11.5 Å². The molecule has 0 amide bonds. The number of rotatable bonds is 5. The van der Waals surface area contributed by atoms with E-state index in [1.807, 2.05) is 0 Å². The number of hydrogen-bond donors (Lipinski definition) is 2. The molecule has 1 aromatic rings. The van der Waals surface area contributed by atoms with Crippen LogP contribution in [0, 0.1) is 0 Å². The molecule has 0 aliphatic heterocycles. The van der Waals surface area contributed by atoms with Gasteiger partial charge in [0.05, 0.1) is 12.7 Å². The van der Waals surface area contributed by atoms with Gasteiger partial charge in [-0.25, -0.2) is 4.98 Å². The highest BCUT2D eigenvalue weighted by molar-refractivity contribution is 7.98. The van der Waals surface area contributed by atoms with Crippen LogP contribution in [0.15, 0.2) is 12.1 Å². The number of nitrogens with zero attached hydrogens (tertiary/aromatic N) is 1. The molecule has 0 saturated heterocycles. The SMILES string of the molecule is OCC(O)CSCc1ccc(Cl)nc1Cl. The van der Waals surface area contributed by atoms with Crippen molar-refractivity contribution in [2.24, 2.45) is 0 Å². The molecule has 84 valence electrons. The van der Waals surface area contributed by atoms with Gasteiger partial charge in [-0.3, -0.25) is 0 Å². The van der Waals surface area contributed by atoms with E-state index in [0.717, 1.165) is 5.56 Å². The van der Waals surface area contributed by atoms with Crippen LogP contribution in [0.3, 0.4) is 0 Å². The van der Waals surface area contributed by atoms with Gasteiger partial charge < -0.3 is 10.2 Å². The highest BCUT2D eigenvalue weighted by Crippen LogP contribution is 2.21. The average molecular weight is 268 g/mol. The molecule has 3 nitrogen and oxygen atoms in total. The number of aliphatic hydroxyl groups is 2. The monoisotopic (exact) mass is 267 g/mol. The fourth-order valence-electron chi connectivity index (χ4n) is 0.906. The summed E-state index contributed by atoms with van der Waals surface area (Å²) in [5.74, 6) is 1.11. The average Bonchev–Trinajstić information content (AvgIpc) is 2.21. The van der Waals surface area contributed by atoms with Crippen molar-refractivity contribution in [2.45, 2.75) is 11.9 Å². The molecular formula is C9H11Cl2NO2S. The maximum Gasteiger partial charge on any atom is 0.134 e. The zero-order valence-corrected chi connectivity index (χ0v) is 10.2. The minimum absolute atomic E-state index is 0.223. The molecule has 0 spiro atoms. The quantitative estimate of drug-likeness (QED) is 0.802. The number of hydrogen-bond acceptors (Lipinski definition) is 4. The lowest BCUT2D eigenvalue weighted by Crippen LogP contribution is -2.14. The summed E-state index contributed by atoms with van der Waals surface area (Å²) in [6, 6.07) is 3.47. The molecule has 1 aromatic heterocycles. The molecule has 0 bridgehead atoms. The summed E-state index contributed by atoms with van der Waals surface area (Å²) in [5, 5.41) is 18.5. The molecule has 0 fully saturated rings. The van der Waals surface area contributed by atoms with Crippen LogP contribution in [0.5, 0.6) is 0 Å². The fourth-order valence-corrected chi connectivity index (χ4v) is 2.35. The third kappa shape index (κ3) is 4.57. The van der Waals surface area contributed by atoms with Crippen molar-refractivity contribution in [3.05, 3.63) is 28.0 Å². The molecule has 1 unspecified atom stereocenters. The van der Waals surface area contributed by atoms with E-state index in [1.54, 1.807) is 12.1 Å². The van der Waals surface area contributed by atoms with Gasteiger partial charge in [0.2, 0.25) is 0 Å². The molecule has 1 heterocycles. The predicted octanol–water partition coefficient (Wildman–Crippen LogP) is 1.97. The normalized spacial score (nSPS) is 12.8. The van der Waals surface area contributed by atoms with E-state index in [4.69, 9.17) is 33.4 Å². The van der Waals surface area contributed by atoms with Crippen molar-refractivity contribution in [1.82, 2.24) is 4.98 Å². The molecule has 1 rings (SSSR count).